The SMILES string of the molecule is Cc1ccc(C#CC2=CC=C([N+](=O)[O-])C2)cc1. The molecule has 1 aromatic rings. The second-order valence-electron chi connectivity index (χ2n) is 3.90. The second kappa shape index (κ2) is 4.67. The maximum atomic E-state index is 10.5. The molecule has 0 atom stereocenters. The van der Waals surface area contributed by atoms with Crippen molar-refractivity contribution in [2.45, 2.75) is 13.3 Å². The second-order valence-corrected chi connectivity index (χ2v) is 3.90. The summed E-state index contributed by atoms with van der Waals surface area (Å²) in [6.07, 6.45) is 3.55. The van der Waals surface area contributed by atoms with Crippen molar-refractivity contribution in [3.05, 3.63) is 68.9 Å². The Hall–Kier alpha value is -2.34. The first-order valence-corrected chi connectivity index (χ1v) is 5.28. The lowest BCUT2D eigenvalue weighted by molar-refractivity contribution is -0.426. The third kappa shape index (κ3) is 2.82. The molecule has 17 heavy (non-hydrogen) atoms. The minimum atomic E-state index is -0.364. The minimum Gasteiger partial charge on any atom is -0.259 e. The molecule has 1 aliphatic carbocycles. The van der Waals surface area contributed by atoms with Crippen LogP contribution >= 0.6 is 0 Å². The van der Waals surface area contributed by atoms with E-state index in [1.54, 1.807) is 6.08 Å². The van der Waals surface area contributed by atoms with Crippen LogP contribution in [-0.2, 0) is 0 Å². The van der Waals surface area contributed by atoms with Crippen LogP contribution in [0.5, 0.6) is 0 Å². The Labute approximate surface area is 99.6 Å². The molecule has 1 aromatic carbocycles. The molecule has 1 aliphatic rings. The van der Waals surface area contributed by atoms with Crippen molar-refractivity contribution < 1.29 is 4.92 Å². The monoisotopic (exact) mass is 225 g/mol. The molecule has 84 valence electrons. The highest BCUT2D eigenvalue weighted by Crippen LogP contribution is 2.18. The maximum Gasteiger partial charge on any atom is 0.251 e. The van der Waals surface area contributed by atoms with Crippen LogP contribution in [-0.4, -0.2) is 4.92 Å². The third-order valence-corrected chi connectivity index (χ3v) is 2.50. The molecule has 0 spiro atoms. The molecule has 0 amide bonds. The van der Waals surface area contributed by atoms with Crippen molar-refractivity contribution in [3.8, 4) is 11.8 Å². The number of hydrogen-bond donors (Lipinski definition) is 0. The van der Waals surface area contributed by atoms with Crippen LogP contribution in [0.1, 0.15) is 17.5 Å². The summed E-state index contributed by atoms with van der Waals surface area (Å²) in [5, 5.41) is 10.5. The van der Waals surface area contributed by atoms with Gasteiger partial charge in [-0.1, -0.05) is 29.5 Å². The molecule has 0 aromatic heterocycles. The summed E-state index contributed by atoms with van der Waals surface area (Å²) < 4.78 is 0. The van der Waals surface area contributed by atoms with Crippen molar-refractivity contribution >= 4 is 0 Å². The summed E-state index contributed by atoms with van der Waals surface area (Å²) in [5.74, 6) is 5.96. The lowest BCUT2D eigenvalue weighted by Gasteiger charge is -1.92. The Morgan fingerprint density at radius 1 is 1.18 bits per heavy atom. The zero-order chi connectivity index (χ0) is 12.3. The van der Waals surface area contributed by atoms with Gasteiger partial charge in [-0.25, -0.2) is 0 Å². The van der Waals surface area contributed by atoms with Gasteiger partial charge in [0.2, 0.25) is 0 Å². The number of aryl methyl sites for hydroxylation is 1. The van der Waals surface area contributed by atoms with Gasteiger partial charge in [-0.05, 0) is 25.1 Å². The van der Waals surface area contributed by atoms with E-state index in [4.69, 9.17) is 0 Å². The van der Waals surface area contributed by atoms with E-state index in [2.05, 4.69) is 11.8 Å². The molecule has 0 saturated heterocycles. The van der Waals surface area contributed by atoms with Crippen LogP contribution in [0.3, 0.4) is 0 Å². The van der Waals surface area contributed by atoms with Crippen LogP contribution in [0.2, 0.25) is 0 Å². The van der Waals surface area contributed by atoms with Crippen LogP contribution in [0.25, 0.3) is 0 Å². The fourth-order valence-electron chi connectivity index (χ4n) is 1.51. The smallest absolute Gasteiger partial charge is 0.251 e. The summed E-state index contributed by atoms with van der Waals surface area (Å²) in [6.45, 7) is 2.02. The van der Waals surface area contributed by atoms with E-state index < -0.39 is 0 Å². The minimum absolute atomic E-state index is 0.207. The predicted molar refractivity (Wildman–Crippen MR) is 65.8 cm³/mol. The third-order valence-electron chi connectivity index (χ3n) is 2.50. The van der Waals surface area contributed by atoms with Crippen LogP contribution in [0, 0.1) is 28.9 Å². The quantitative estimate of drug-likeness (QED) is 0.419. The average Bonchev–Trinajstić information content (AvgIpc) is 2.77. The van der Waals surface area contributed by atoms with Crippen molar-refractivity contribution in [2.75, 3.05) is 0 Å². The van der Waals surface area contributed by atoms with Gasteiger partial charge in [0.1, 0.15) is 0 Å². The van der Waals surface area contributed by atoms with Crippen molar-refractivity contribution in [1.82, 2.24) is 0 Å². The van der Waals surface area contributed by atoms with Crippen molar-refractivity contribution in [2.24, 2.45) is 0 Å². The van der Waals surface area contributed by atoms with Gasteiger partial charge in [0, 0.05) is 17.2 Å². The van der Waals surface area contributed by atoms with Crippen molar-refractivity contribution in [1.29, 1.82) is 0 Å². The lowest BCUT2D eigenvalue weighted by Crippen LogP contribution is -1.95. The van der Waals surface area contributed by atoms with Gasteiger partial charge in [0.05, 0.1) is 11.3 Å². The highest BCUT2D eigenvalue weighted by atomic mass is 16.6. The van der Waals surface area contributed by atoms with Gasteiger partial charge in [0.15, 0.2) is 0 Å². The summed E-state index contributed by atoms with van der Waals surface area (Å²) in [6, 6.07) is 7.88. The zero-order valence-corrected chi connectivity index (χ0v) is 9.43. The Kier molecular flexibility index (Phi) is 3.06. The Morgan fingerprint density at radius 2 is 1.88 bits per heavy atom. The van der Waals surface area contributed by atoms with Crippen LogP contribution in [0.15, 0.2) is 47.7 Å². The molecule has 0 aliphatic heterocycles. The number of nitro groups is 1. The van der Waals surface area contributed by atoms with E-state index in [0.717, 1.165) is 11.1 Å². The van der Waals surface area contributed by atoms with Crippen LogP contribution < -0.4 is 0 Å². The molecule has 0 saturated carbocycles. The van der Waals surface area contributed by atoms with E-state index in [-0.39, 0.29) is 10.6 Å². The van der Waals surface area contributed by atoms with Gasteiger partial charge in [0.25, 0.3) is 5.70 Å². The van der Waals surface area contributed by atoms with Gasteiger partial charge < -0.3 is 0 Å². The molecule has 0 unspecified atom stereocenters. The first-order chi connectivity index (χ1) is 8.15. The standard InChI is InChI=1S/C14H11NO2/c1-11-2-4-12(5-3-11)6-7-13-8-9-14(10-13)15(16)17/h2-5,8-9H,10H2,1H3. The summed E-state index contributed by atoms with van der Waals surface area (Å²) in [4.78, 5) is 10.2. The van der Waals surface area contributed by atoms with E-state index >= 15 is 0 Å². The van der Waals surface area contributed by atoms with E-state index in [1.165, 1.54) is 11.6 Å². The number of benzene rings is 1. The fourth-order valence-corrected chi connectivity index (χ4v) is 1.51. The molecule has 0 bridgehead atoms. The molecule has 0 heterocycles. The van der Waals surface area contributed by atoms with E-state index in [1.807, 2.05) is 31.2 Å². The summed E-state index contributed by atoms with van der Waals surface area (Å²) >= 11 is 0. The molecule has 3 heteroatoms. The number of nitrogens with zero attached hydrogens (tertiary/aromatic N) is 1. The summed E-state index contributed by atoms with van der Waals surface area (Å²) in [5.41, 5.74) is 3.11. The normalized spacial score (nSPS) is 13.5. The summed E-state index contributed by atoms with van der Waals surface area (Å²) in [7, 11) is 0. The van der Waals surface area contributed by atoms with Gasteiger partial charge >= 0.3 is 0 Å². The highest BCUT2D eigenvalue weighted by Gasteiger charge is 2.16. The van der Waals surface area contributed by atoms with Crippen LogP contribution in [0.4, 0.5) is 0 Å². The molecular weight excluding hydrogens is 214 g/mol. The van der Waals surface area contributed by atoms with E-state index in [9.17, 15) is 10.1 Å². The molecule has 2 rings (SSSR count). The van der Waals surface area contributed by atoms with Gasteiger partial charge in [-0.2, -0.15) is 0 Å². The molecule has 3 nitrogen and oxygen atoms in total. The maximum absolute atomic E-state index is 10.5. The number of hydrogen-bond acceptors (Lipinski definition) is 2. The van der Waals surface area contributed by atoms with E-state index in [0.29, 0.717) is 6.42 Å². The van der Waals surface area contributed by atoms with Crippen molar-refractivity contribution in [3.63, 3.8) is 0 Å². The first kappa shape index (κ1) is 11.2. The lowest BCUT2D eigenvalue weighted by atomic mass is 10.1. The number of rotatable bonds is 1. The predicted octanol–water partition coefficient (Wildman–Crippen LogP) is 2.84. The van der Waals surface area contributed by atoms with Gasteiger partial charge in [-0.15, -0.1) is 0 Å². The molecule has 0 fully saturated rings. The fraction of sp³-hybridized carbons (Fsp3) is 0.143. The average molecular weight is 225 g/mol. The largest absolute Gasteiger partial charge is 0.259 e. The molecule has 0 N–H and O–H groups in total. The Morgan fingerprint density at radius 3 is 2.47 bits per heavy atom. The zero-order valence-electron chi connectivity index (χ0n) is 9.43. The number of allylic oxidation sites excluding steroid dienone is 3. The topological polar surface area (TPSA) is 43.1 Å². The first-order valence-electron chi connectivity index (χ1n) is 5.28. The highest BCUT2D eigenvalue weighted by molar-refractivity contribution is 5.45. The Balaban J connectivity index is 2.05. The molecular formula is C14H11NO2. The van der Waals surface area contributed by atoms with Gasteiger partial charge in [-0.3, -0.25) is 10.1 Å². The molecule has 0 radical (unpaired) electrons. The Bertz CT molecular complexity index is 568.